The van der Waals surface area contributed by atoms with Gasteiger partial charge in [0, 0.05) is 18.7 Å². The van der Waals surface area contributed by atoms with Crippen LogP contribution in [0.2, 0.25) is 0 Å². The number of aliphatic hydroxyl groups excluding tert-OH is 1. The molecule has 0 radical (unpaired) electrons. The van der Waals surface area contributed by atoms with E-state index in [0.717, 1.165) is 17.9 Å². The first-order chi connectivity index (χ1) is 6.36. The van der Waals surface area contributed by atoms with Crippen molar-refractivity contribution in [3.05, 3.63) is 24.0 Å². The van der Waals surface area contributed by atoms with E-state index in [1.807, 2.05) is 12.1 Å². The number of pyridine rings is 1. The van der Waals surface area contributed by atoms with E-state index in [1.54, 1.807) is 13.3 Å². The van der Waals surface area contributed by atoms with Crippen molar-refractivity contribution in [2.24, 2.45) is 5.92 Å². The van der Waals surface area contributed by atoms with Crippen LogP contribution in [0.25, 0.3) is 0 Å². The molecule has 2 atom stereocenters. The molecular weight excluding hydrogens is 166 g/mol. The lowest BCUT2D eigenvalue weighted by Gasteiger charge is -2.05. The predicted octanol–water partition coefficient (Wildman–Crippen LogP) is 1.19. The number of aliphatic hydroxyl groups is 1. The van der Waals surface area contributed by atoms with E-state index in [2.05, 4.69) is 4.98 Å². The van der Waals surface area contributed by atoms with Crippen LogP contribution in [0.3, 0.4) is 0 Å². The van der Waals surface area contributed by atoms with Crippen LogP contribution in [-0.4, -0.2) is 23.8 Å². The maximum atomic E-state index is 8.93. The van der Waals surface area contributed by atoms with Gasteiger partial charge < -0.3 is 9.84 Å². The van der Waals surface area contributed by atoms with Crippen LogP contribution in [-0.2, 0) is 0 Å². The minimum Gasteiger partial charge on any atom is -0.495 e. The summed E-state index contributed by atoms with van der Waals surface area (Å²) in [6.07, 6.45) is 2.80. The van der Waals surface area contributed by atoms with Crippen molar-refractivity contribution < 1.29 is 9.84 Å². The predicted molar refractivity (Wildman–Crippen MR) is 48.7 cm³/mol. The van der Waals surface area contributed by atoms with Gasteiger partial charge in [-0.1, -0.05) is 0 Å². The average Bonchev–Trinajstić information content (AvgIpc) is 2.96. The molecule has 1 aromatic rings. The van der Waals surface area contributed by atoms with Gasteiger partial charge in [-0.05, 0) is 24.5 Å². The van der Waals surface area contributed by atoms with Crippen LogP contribution in [0.1, 0.15) is 18.0 Å². The van der Waals surface area contributed by atoms with Crippen LogP contribution in [0.15, 0.2) is 18.3 Å². The van der Waals surface area contributed by atoms with Gasteiger partial charge in [0.2, 0.25) is 0 Å². The molecule has 1 aromatic heterocycles. The lowest BCUT2D eigenvalue weighted by molar-refractivity contribution is 0.273. The molecule has 0 aromatic carbocycles. The fourth-order valence-corrected chi connectivity index (χ4v) is 1.64. The van der Waals surface area contributed by atoms with Gasteiger partial charge in [-0.3, -0.25) is 4.98 Å². The molecule has 1 aliphatic carbocycles. The Morgan fingerprint density at radius 2 is 2.54 bits per heavy atom. The first-order valence-corrected chi connectivity index (χ1v) is 4.46. The number of methoxy groups -OCH3 is 1. The molecule has 3 heteroatoms. The third-order valence-corrected chi connectivity index (χ3v) is 2.53. The topological polar surface area (TPSA) is 42.4 Å². The largest absolute Gasteiger partial charge is 0.495 e. The molecule has 0 aliphatic heterocycles. The zero-order chi connectivity index (χ0) is 9.26. The lowest BCUT2D eigenvalue weighted by Crippen LogP contribution is -1.95. The van der Waals surface area contributed by atoms with E-state index in [4.69, 9.17) is 9.84 Å². The van der Waals surface area contributed by atoms with Gasteiger partial charge in [0.25, 0.3) is 0 Å². The second kappa shape index (κ2) is 3.34. The highest BCUT2D eigenvalue weighted by Crippen LogP contribution is 2.48. The SMILES string of the molecule is COc1cccnc1[C@H]1C[C@@H]1CO. The summed E-state index contributed by atoms with van der Waals surface area (Å²) in [6, 6.07) is 3.77. The molecule has 1 N–H and O–H groups in total. The molecule has 1 heterocycles. The average molecular weight is 179 g/mol. The summed E-state index contributed by atoms with van der Waals surface area (Å²) in [5, 5.41) is 8.93. The van der Waals surface area contributed by atoms with Gasteiger partial charge >= 0.3 is 0 Å². The molecule has 0 saturated heterocycles. The number of aromatic nitrogens is 1. The minimum absolute atomic E-state index is 0.254. The highest BCUT2D eigenvalue weighted by atomic mass is 16.5. The molecule has 2 rings (SSSR count). The quantitative estimate of drug-likeness (QED) is 0.757. The summed E-state index contributed by atoms with van der Waals surface area (Å²) in [7, 11) is 1.65. The number of hydrogen-bond donors (Lipinski definition) is 1. The van der Waals surface area contributed by atoms with E-state index >= 15 is 0 Å². The molecule has 0 unspecified atom stereocenters. The monoisotopic (exact) mass is 179 g/mol. The Hall–Kier alpha value is -1.09. The summed E-state index contributed by atoms with van der Waals surface area (Å²) in [6.45, 7) is 0.254. The van der Waals surface area contributed by atoms with Gasteiger partial charge in [0.05, 0.1) is 12.8 Å². The minimum atomic E-state index is 0.254. The van der Waals surface area contributed by atoms with E-state index in [0.29, 0.717) is 11.8 Å². The summed E-state index contributed by atoms with van der Waals surface area (Å²) in [5.74, 6) is 1.63. The highest BCUT2D eigenvalue weighted by molar-refractivity contribution is 5.33. The van der Waals surface area contributed by atoms with E-state index in [9.17, 15) is 0 Å². The Bertz CT molecular complexity index is 301. The fraction of sp³-hybridized carbons (Fsp3) is 0.500. The maximum Gasteiger partial charge on any atom is 0.140 e. The Morgan fingerprint density at radius 3 is 3.15 bits per heavy atom. The van der Waals surface area contributed by atoms with Gasteiger partial charge in [0.1, 0.15) is 5.75 Å². The summed E-state index contributed by atoms with van der Waals surface area (Å²) in [4.78, 5) is 4.27. The van der Waals surface area contributed by atoms with Crippen molar-refractivity contribution in [1.82, 2.24) is 4.98 Å². The van der Waals surface area contributed by atoms with Crippen LogP contribution in [0, 0.1) is 5.92 Å². The van der Waals surface area contributed by atoms with Gasteiger partial charge in [-0.15, -0.1) is 0 Å². The van der Waals surface area contributed by atoms with Crippen LogP contribution in [0.5, 0.6) is 5.75 Å². The van der Waals surface area contributed by atoms with Crippen LogP contribution < -0.4 is 4.74 Å². The third-order valence-electron chi connectivity index (χ3n) is 2.53. The standard InChI is InChI=1S/C10H13NO2/c1-13-9-3-2-4-11-10(9)8-5-7(8)6-12/h2-4,7-8,12H,5-6H2,1H3/t7-,8+/m1/s1. The van der Waals surface area contributed by atoms with Gasteiger partial charge in [-0.2, -0.15) is 0 Å². The molecule has 70 valence electrons. The molecular formula is C10H13NO2. The first-order valence-electron chi connectivity index (χ1n) is 4.46. The van der Waals surface area contributed by atoms with Crippen molar-refractivity contribution in [3.8, 4) is 5.75 Å². The lowest BCUT2D eigenvalue weighted by atomic mass is 10.2. The van der Waals surface area contributed by atoms with Crippen molar-refractivity contribution >= 4 is 0 Å². The number of nitrogens with zero attached hydrogens (tertiary/aromatic N) is 1. The summed E-state index contributed by atoms with van der Waals surface area (Å²) in [5.41, 5.74) is 0.990. The van der Waals surface area contributed by atoms with Crippen molar-refractivity contribution in [2.75, 3.05) is 13.7 Å². The molecule has 1 fully saturated rings. The van der Waals surface area contributed by atoms with Crippen LogP contribution in [0.4, 0.5) is 0 Å². The maximum absolute atomic E-state index is 8.93. The third kappa shape index (κ3) is 1.52. The summed E-state index contributed by atoms with van der Waals surface area (Å²) < 4.78 is 5.20. The Morgan fingerprint density at radius 1 is 1.69 bits per heavy atom. The highest BCUT2D eigenvalue weighted by Gasteiger charge is 2.40. The molecule has 0 bridgehead atoms. The molecule has 1 aliphatic rings. The fourth-order valence-electron chi connectivity index (χ4n) is 1.64. The van der Waals surface area contributed by atoms with E-state index in [1.165, 1.54) is 0 Å². The van der Waals surface area contributed by atoms with E-state index < -0.39 is 0 Å². The van der Waals surface area contributed by atoms with Gasteiger partial charge in [0.15, 0.2) is 0 Å². The number of rotatable bonds is 3. The smallest absolute Gasteiger partial charge is 0.140 e. The molecule has 0 amide bonds. The van der Waals surface area contributed by atoms with Crippen molar-refractivity contribution in [2.45, 2.75) is 12.3 Å². The van der Waals surface area contributed by atoms with E-state index in [-0.39, 0.29) is 6.61 Å². The zero-order valence-electron chi connectivity index (χ0n) is 7.60. The van der Waals surface area contributed by atoms with Gasteiger partial charge in [-0.25, -0.2) is 0 Å². The number of ether oxygens (including phenoxy) is 1. The van der Waals surface area contributed by atoms with Crippen LogP contribution >= 0.6 is 0 Å². The van der Waals surface area contributed by atoms with Crippen molar-refractivity contribution in [3.63, 3.8) is 0 Å². The second-order valence-electron chi connectivity index (χ2n) is 3.38. The molecule has 1 saturated carbocycles. The number of hydrogen-bond acceptors (Lipinski definition) is 3. The zero-order valence-corrected chi connectivity index (χ0v) is 7.60. The second-order valence-corrected chi connectivity index (χ2v) is 3.38. The Balaban J connectivity index is 2.20. The van der Waals surface area contributed by atoms with Crippen molar-refractivity contribution in [1.29, 1.82) is 0 Å². The Labute approximate surface area is 77.4 Å². The summed E-state index contributed by atoms with van der Waals surface area (Å²) >= 11 is 0. The molecule has 3 nitrogen and oxygen atoms in total. The first kappa shape index (κ1) is 8.51. The molecule has 0 spiro atoms. The normalized spacial score (nSPS) is 25.7. The Kier molecular flexibility index (Phi) is 2.19. The molecule has 13 heavy (non-hydrogen) atoms.